The van der Waals surface area contributed by atoms with Crippen LogP contribution in [0.1, 0.15) is 31.9 Å². The van der Waals surface area contributed by atoms with Gasteiger partial charge in [0.05, 0.1) is 16.7 Å². The summed E-state index contributed by atoms with van der Waals surface area (Å²) in [5.41, 5.74) is 3.38. The minimum Gasteiger partial charge on any atom is -0.334 e. The van der Waals surface area contributed by atoms with E-state index in [0.29, 0.717) is 28.3 Å². The molecule has 0 aliphatic heterocycles. The first-order chi connectivity index (χ1) is 12.2. The molecule has 0 fully saturated rings. The predicted molar refractivity (Wildman–Crippen MR) is 105 cm³/mol. The number of carbonyl (C=O) groups excluding carboxylic acids is 1. The van der Waals surface area contributed by atoms with E-state index in [2.05, 4.69) is 41.4 Å². The molecule has 0 atom stereocenters. The van der Waals surface area contributed by atoms with Crippen molar-refractivity contribution in [2.75, 3.05) is 5.32 Å². The maximum Gasteiger partial charge on any atom is 0.323 e. The molecule has 0 spiro atoms. The normalized spacial score (nSPS) is 11.5. The maximum absolute atomic E-state index is 12.2. The van der Waals surface area contributed by atoms with Gasteiger partial charge in [-0.15, -0.1) is 0 Å². The first kappa shape index (κ1) is 18.1. The Labute approximate surface area is 156 Å². The molecule has 0 saturated carbocycles. The Hall–Kier alpha value is -2.73. The number of nitrogens with one attached hydrogen (secondary N) is 4. The minimum atomic E-state index is -0.379. The summed E-state index contributed by atoms with van der Waals surface area (Å²) < 4.78 is 0. The first-order valence-corrected chi connectivity index (χ1v) is 8.66. The summed E-state index contributed by atoms with van der Waals surface area (Å²) in [6.07, 6.45) is 0. The van der Waals surface area contributed by atoms with Crippen LogP contribution in [0.5, 0.6) is 0 Å². The molecule has 0 bridgehead atoms. The molecular formula is C19H21ClN4O2. The Balaban J connectivity index is 1.68. The molecule has 1 aromatic heterocycles. The zero-order valence-electron chi connectivity index (χ0n) is 14.9. The number of H-pyrrole nitrogens is 2. The van der Waals surface area contributed by atoms with E-state index < -0.39 is 0 Å². The predicted octanol–water partition coefficient (Wildman–Crippen LogP) is 4.13. The Morgan fingerprint density at radius 2 is 1.92 bits per heavy atom. The summed E-state index contributed by atoms with van der Waals surface area (Å²) in [7, 11) is 0. The molecule has 0 saturated heterocycles. The van der Waals surface area contributed by atoms with Gasteiger partial charge in [0.1, 0.15) is 0 Å². The lowest BCUT2D eigenvalue weighted by Gasteiger charge is -2.20. The smallest absolute Gasteiger partial charge is 0.323 e. The van der Waals surface area contributed by atoms with Crippen molar-refractivity contribution in [3.05, 3.63) is 63.0 Å². The molecule has 136 valence electrons. The lowest BCUT2D eigenvalue weighted by Crippen LogP contribution is -2.28. The molecule has 0 unspecified atom stereocenters. The minimum absolute atomic E-state index is 0.0130. The lowest BCUT2D eigenvalue weighted by atomic mass is 9.86. The van der Waals surface area contributed by atoms with Gasteiger partial charge in [-0.05, 0) is 34.7 Å². The van der Waals surface area contributed by atoms with Gasteiger partial charge in [-0.25, -0.2) is 9.59 Å². The number of anilines is 1. The molecule has 2 amide bonds. The van der Waals surface area contributed by atoms with Gasteiger partial charge in [-0.3, -0.25) is 0 Å². The molecule has 1 heterocycles. The van der Waals surface area contributed by atoms with Gasteiger partial charge in [-0.1, -0.05) is 50.6 Å². The molecule has 0 aliphatic rings. The number of halogens is 1. The molecule has 3 aromatic rings. The Morgan fingerprint density at radius 1 is 1.15 bits per heavy atom. The first-order valence-electron chi connectivity index (χ1n) is 8.29. The highest BCUT2D eigenvalue weighted by atomic mass is 35.5. The molecule has 7 heteroatoms. The van der Waals surface area contributed by atoms with Gasteiger partial charge in [0, 0.05) is 11.6 Å². The van der Waals surface area contributed by atoms with Crippen LogP contribution in [0.2, 0.25) is 5.02 Å². The quantitative estimate of drug-likeness (QED) is 0.556. The standard InChI is InChI=1S/C19H21ClN4O2/c1-19(2,3)12-8-7-11(13(20)9-12)10-21-17(25)22-14-5-4-6-15-16(14)24-18(26)23-15/h4-9H,10H2,1-3H3,(H2,21,22,25)(H2,23,24,26). The monoisotopic (exact) mass is 372 g/mol. The van der Waals surface area contributed by atoms with Crippen LogP contribution in [-0.4, -0.2) is 16.0 Å². The van der Waals surface area contributed by atoms with E-state index in [1.165, 1.54) is 0 Å². The average Bonchev–Trinajstić information content (AvgIpc) is 2.94. The second-order valence-corrected chi connectivity index (χ2v) is 7.58. The third kappa shape index (κ3) is 3.91. The van der Waals surface area contributed by atoms with Crippen LogP contribution < -0.4 is 16.3 Å². The molecule has 2 aromatic carbocycles. The van der Waals surface area contributed by atoms with Gasteiger partial charge >= 0.3 is 11.7 Å². The number of rotatable bonds is 3. The van der Waals surface area contributed by atoms with E-state index in [1.54, 1.807) is 18.2 Å². The van der Waals surface area contributed by atoms with Crippen LogP contribution in [0.3, 0.4) is 0 Å². The highest BCUT2D eigenvalue weighted by molar-refractivity contribution is 6.31. The van der Waals surface area contributed by atoms with Crippen LogP contribution in [0.15, 0.2) is 41.2 Å². The summed E-state index contributed by atoms with van der Waals surface area (Å²) in [6, 6.07) is 10.7. The summed E-state index contributed by atoms with van der Waals surface area (Å²) in [5.74, 6) is 0. The number of para-hydroxylation sites is 1. The van der Waals surface area contributed by atoms with Crippen LogP contribution >= 0.6 is 11.6 Å². The third-order valence-electron chi connectivity index (χ3n) is 4.16. The van der Waals surface area contributed by atoms with E-state index in [-0.39, 0.29) is 17.1 Å². The van der Waals surface area contributed by atoms with Crippen molar-refractivity contribution in [2.24, 2.45) is 0 Å². The van der Waals surface area contributed by atoms with Crippen LogP contribution in [-0.2, 0) is 12.0 Å². The Morgan fingerprint density at radius 3 is 2.62 bits per heavy atom. The van der Waals surface area contributed by atoms with Crippen LogP contribution in [0, 0.1) is 0 Å². The van der Waals surface area contributed by atoms with Gasteiger partial charge < -0.3 is 20.6 Å². The van der Waals surface area contributed by atoms with Gasteiger partial charge in [0.2, 0.25) is 0 Å². The van der Waals surface area contributed by atoms with Crippen molar-refractivity contribution in [1.82, 2.24) is 15.3 Å². The Kier molecular flexibility index (Phi) is 4.78. The molecule has 0 aliphatic carbocycles. The fourth-order valence-electron chi connectivity index (χ4n) is 2.66. The van der Waals surface area contributed by atoms with E-state index in [4.69, 9.17) is 11.6 Å². The second kappa shape index (κ2) is 6.88. The van der Waals surface area contributed by atoms with Crippen molar-refractivity contribution >= 4 is 34.4 Å². The fourth-order valence-corrected chi connectivity index (χ4v) is 2.91. The number of amides is 2. The van der Waals surface area contributed by atoms with E-state index in [9.17, 15) is 9.59 Å². The number of urea groups is 1. The highest BCUT2D eigenvalue weighted by Gasteiger charge is 2.15. The van der Waals surface area contributed by atoms with Crippen molar-refractivity contribution < 1.29 is 4.79 Å². The van der Waals surface area contributed by atoms with E-state index >= 15 is 0 Å². The SMILES string of the molecule is CC(C)(C)c1ccc(CNC(=O)Nc2cccc3[nH]c(=O)[nH]c23)c(Cl)c1. The molecule has 0 radical (unpaired) electrons. The lowest BCUT2D eigenvalue weighted by molar-refractivity contribution is 0.252. The van der Waals surface area contributed by atoms with Crippen LogP contribution in [0.4, 0.5) is 10.5 Å². The second-order valence-electron chi connectivity index (χ2n) is 7.17. The molecule has 6 nitrogen and oxygen atoms in total. The van der Waals surface area contributed by atoms with Crippen LogP contribution in [0.25, 0.3) is 11.0 Å². The van der Waals surface area contributed by atoms with E-state index in [0.717, 1.165) is 11.1 Å². The highest BCUT2D eigenvalue weighted by Crippen LogP contribution is 2.27. The zero-order valence-corrected chi connectivity index (χ0v) is 15.6. The fraction of sp³-hybridized carbons (Fsp3) is 0.263. The van der Waals surface area contributed by atoms with E-state index in [1.807, 2.05) is 18.2 Å². The summed E-state index contributed by atoms with van der Waals surface area (Å²) in [5, 5.41) is 6.14. The third-order valence-corrected chi connectivity index (χ3v) is 4.51. The van der Waals surface area contributed by atoms with Crippen molar-refractivity contribution in [2.45, 2.75) is 32.7 Å². The molecule has 26 heavy (non-hydrogen) atoms. The molecular weight excluding hydrogens is 352 g/mol. The van der Waals surface area contributed by atoms with Gasteiger partial charge in [-0.2, -0.15) is 0 Å². The van der Waals surface area contributed by atoms with Crippen molar-refractivity contribution in [3.63, 3.8) is 0 Å². The Bertz CT molecular complexity index is 1010. The topological polar surface area (TPSA) is 89.8 Å². The number of aromatic nitrogens is 2. The van der Waals surface area contributed by atoms with Gasteiger partial charge in [0.15, 0.2) is 0 Å². The largest absolute Gasteiger partial charge is 0.334 e. The zero-order chi connectivity index (χ0) is 18.9. The number of hydrogen-bond acceptors (Lipinski definition) is 2. The number of hydrogen-bond donors (Lipinski definition) is 4. The summed E-state index contributed by atoms with van der Waals surface area (Å²) in [6.45, 7) is 6.66. The molecule has 4 N–H and O–H groups in total. The summed E-state index contributed by atoms with van der Waals surface area (Å²) >= 11 is 6.34. The number of carbonyl (C=O) groups is 1. The number of imidazole rings is 1. The summed E-state index contributed by atoms with van der Waals surface area (Å²) in [4.78, 5) is 28.9. The molecule has 3 rings (SSSR count). The maximum atomic E-state index is 12.2. The number of aromatic amines is 2. The van der Waals surface area contributed by atoms with Crippen molar-refractivity contribution in [3.8, 4) is 0 Å². The average molecular weight is 373 g/mol. The number of fused-ring (bicyclic) bond motifs is 1. The van der Waals surface area contributed by atoms with Gasteiger partial charge in [0.25, 0.3) is 0 Å². The van der Waals surface area contributed by atoms with Crippen molar-refractivity contribution in [1.29, 1.82) is 0 Å². The number of benzene rings is 2.